The number of hydrogen-bond donors (Lipinski definition) is 0. The van der Waals surface area contributed by atoms with Crippen LogP contribution >= 0.6 is 11.6 Å². The van der Waals surface area contributed by atoms with Crippen molar-refractivity contribution >= 4 is 11.6 Å². The number of para-hydroxylation sites is 1. The molecule has 2 rings (SSSR count). The van der Waals surface area contributed by atoms with Crippen molar-refractivity contribution < 1.29 is 9.47 Å². The lowest BCUT2D eigenvalue weighted by Crippen LogP contribution is -2.10. The van der Waals surface area contributed by atoms with Crippen molar-refractivity contribution in [1.82, 2.24) is 0 Å². The maximum absolute atomic E-state index is 5.96. The SMILES string of the molecule is Clc1ccccc1OCCC1CCCO1. The summed E-state index contributed by atoms with van der Waals surface area (Å²) in [7, 11) is 0. The molecule has 0 amide bonds. The molecule has 1 unspecified atom stereocenters. The molecule has 0 spiro atoms. The summed E-state index contributed by atoms with van der Waals surface area (Å²) in [5.74, 6) is 0.761. The van der Waals surface area contributed by atoms with E-state index in [0.717, 1.165) is 25.2 Å². The number of ether oxygens (including phenoxy) is 2. The highest BCUT2D eigenvalue weighted by Crippen LogP contribution is 2.24. The van der Waals surface area contributed by atoms with E-state index in [1.165, 1.54) is 6.42 Å². The number of benzene rings is 1. The van der Waals surface area contributed by atoms with Gasteiger partial charge in [-0.2, -0.15) is 0 Å². The van der Waals surface area contributed by atoms with Gasteiger partial charge in [0.15, 0.2) is 0 Å². The molecule has 3 heteroatoms. The second kappa shape index (κ2) is 5.38. The molecule has 1 aliphatic rings. The van der Waals surface area contributed by atoms with Crippen LogP contribution in [0.2, 0.25) is 5.02 Å². The minimum Gasteiger partial charge on any atom is -0.492 e. The highest BCUT2D eigenvalue weighted by molar-refractivity contribution is 6.32. The lowest BCUT2D eigenvalue weighted by Gasteiger charge is -2.11. The monoisotopic (exact) mass is 226 g/mol. The minimum atomic E-state index is 0.382. The Morgan fingerprint density at radius 2 is 2.27 bits per heavy atom. The highest BCUT2D eigenvalue weighted by atomic mass is 35.5. The quantitative estimate of drug-likeness (QED) is 0.785. The van der Waals surface area contributed by atoms with Gasteiger partial charge in [-0.25, -0.2) is 0 Å². The lowest BCUT2D eigenvalue weighted by atomic mass is 10.2. The first-order valence-electron chi connectivity index (χ1n) is 5.35. The highest BCUT2D eigenvalue weighted by Gasteiger charge is 2.15. The molecule has 82 valence electrons. The predicted molar refractivity (Wildman–Crippen MR) is 60.5 cm³/mol. The summed E-state index contributed by atoms with van der Waals surface area (Å²) in [6, 6.07) is 7.54. The number of halogens is 1. The van der Waals surface area contributed by atoms with Crippen LogP contribution in [-0.4, -0.2) is 19.3 Å². The first-order valence-corrected chi connectivity index (χ1v) is 5.73. The largest absolute Gasteiger partial charge is 0.492 e. The van der Waals surface area contributed by atoms with Gasteiger partial charge < -0.3 is 9.47 Å². The van der Waals surface area contributed by atoms with Gasteiger partial charge in [0.1, 0.15) is 5.75 Å². The summed E-state index contributed by atoms with van der Waals surface area (Å²) in [6.07, 6.45) is 3.67. The van der Waals surface area contributed by atoms with Gasteiger partial charge in [0.25, 0.3) is 0 Å². The summed E-state index contributed by atoms with van der Waals surface area (Å²) in [5, 5.41) is 0.671. The zero-order chi connectivity index (χ0) is 10.5. The Morgan fingerprint density at radius 1 is 1.40 bits per heavy atom. The van der Waals surface area contributed by atoms with Crippen molar-refractivity contribution in [3.63, 3.8) is 0 Å². The maximum Gasteiger partial charge on any atom is 0.137 e. The molecule has 1 atom stereocenters. The second-order valence-corrected chi connectivity index (χ2v) is 4.11. The van der Waals surface area contributed by atoms with E-state index in [1.54, 1.807) is 0 Å². The summed E-state index contributed by atoms with van der Waals surface area (Å²) in [5.41, 5.74) is 0. The Bertz CT molecular complexity index is 308. The third kappa shape index (κ3) is 3.11. The summed E-state index contributed by atoms with van der Waals surface area (Å²) >= 11 is 5.96. The Balaban J connectivity index is 1.75. The third-order valence-corrected chi connectivity index (χ3v) is 2.87. The van der Waals surface area contributed by atoms with Crippen LogP contribution in [-0.2, 0) is 4.74 Å². The standard InChI is InChI=1S/C12H15ClO2/c13-11-5-1-2-6-12(11)15-9-7-10-4-3-8-14-10/h1-2,5-6,10H,3-4,7-9H2. The van der Waals surface area contributed by atoms with Crippen molar-refractivity contribution in [2.24, 2.45) is 0 Å². The van der Waals surface area contributed by atoms with E-state index in [4.69, 9.17) is 21.1 Å². The zero-order valence-corrected chi connectivity index (χ0v) is 9.37. The van der Waals surface area contributed by atoms with Crippen LogP contribution in [0, 0.1) is 0 Å². The zero-order valence-electron chi connectivity index (χ0n) is 8.62. The fraction of sp³-hybridized carbons (Fsp3) is 0.500. The van der Waals surface area contributed by atoms with Crippen LogP contribution in [0.25, 0.3) is 0 Å². The fourth-order valence-electron chi connectivity index (χ4n) is 1.73. The molecule has 1 heterocycles. The van der Waals surface area contributed by atoms with Crippen LogP contribution in [0.3, 0.4) is 0 Å². The van der Waals surface area contributed by atoms with Gasteiger partial charge in [-0.3, -0.25) is 0 Å². The topological polar surface area (TPSA) is 18.5 Å². The van der Waals surface area contributed by atoms with E-state index < -0.39 is 0 Å². The van der Waals surface area contributed by atoms with Gasteiger partial charge in [-0.15, -0.1) is 0 Å². The molecule has 1 saturated heterocycles. The van der Waals surface area contributed by atoms with Crippen LogP contribution in [0.5, 0.6) is 5.75 Å². The fourth-order valence-corrected chi connectivity index (χ4v) is 1.92. The molecule has 1 aromatic rings. The molecule has 15 heavy (non-hydrogen) atoms. The number of rotatable bonds is 4. The van der Waals surface area contributed by atoms with E-state index in [0.29, 0.717) is 17.7 Å². The van der Waals surface area contributed by atoms with Crippen LogP contribution in [0.15, 0.2) is 24.3 Å². The molecular weight excluding hydrogens is 212 g/mol. The van der Waals surface area contributed by atoms with E-state index >= 15 is 0 Å². The van der Waals surface area contributed by atoms with Gasteiger partial charge in [0.2, 0.25) is 0 Å². The van der Waals surface area contributed by atoms with Crippen LogP contribution in [0.4, 0.5) is 0 Å². The predicted octanol–water partition coefficient (Wildman–Crippen LogP) is 3.29. The first-order chi connectivity index (χ1) is 7.36. The first kappa shape index (κ1) is 10.8. The van der Waals surface area contributed by atoms with Crippen molar-refractivity contribution in [2.75, 3.05) is 13.2 Å². The van der Waals surface area contributed by atoms with Crippen molar-refractivity contribution in [1.29, 1.82) is 0 Å². The average Bonchev–Trinajstić information content (AvgIpc) is 2.74. The molecule has 0 bridgehead atoms. The molecule has 1 aliphatic heterocycles. The minimum absolute atomic E-state index is 0.382. The van der Waals surface area contributed by atoms with E-state index in [1.807, 2.05) is 24.3 Å². The molecule has 1 aromatic carbocycles. The van der Waals surface area contributed by atoms with Gasteiger partial charge in [0, 0.05) is 13.0 Å². The van der Waals surface area contributed by atoms with E-state index in [-0.39, 0.29) is 0 Å². The van der Waals surface area contributed by atoms with Gasteiger partial charge in [0.05, 0.1) is 17.7 Å². The lowest BCUT2D eigenvalue weighted by molar-refractivity contribution is 0.0904. The van der Waals surface area contributed by atoms with Crippen LogP contribution < -0.4 is 4.74 Å². The van der Waals surface area contributed by atoms with Gasteiger partial charge in [-0.05, 0) is 25.0 Å². The molecule has 0 saturated carbocycles. The molecular formula is C12H15ClO2. The number of hydrogen-bond acceptors (Lipinski definition) is 2. The second-order valence-electron chi connectivity index (χ2n) is 3.70. The van der Waals surface area contributed by atoms with E-state index in [2.05, 4.69) is 0 Å². The van der Waals surface area contributed by atoms with Gasteiger partial charge >= 0.3 is 0 Å². The smallest absolute Gasteiger partial charge is 0.137 e. The molecule has 1 fully saturated rings. The normalized spacial score (nSPS) is 20.5. The third-order valence-electron chi connectivity index (χ3n) is 2.56. The molecule has 0 aliphatic carbocycles. The Labute approximate surface area is 95.1 Å². The Hall–Kier alpha value is -0.730. The van der Waals surface area contributed by atoms with Crippen molar-refractivity contribution in [3.8, 4) is 5.75 Å². The van der Waals surface area contributed by atoms with Crippen molar-refractivity contribution in [2.45, 2.75) is 25.4 Å². The Morgan fingerprint density at radius 3 is 3.00 bits per heavy atom. The average molecular weight is 227 g/mol. The van der Waals surface area contributed by atoms with Crippen LogP contribution in [0.1, 0.15) is 19.3 Å². The maximum atomic E-state index is 5.96. The molecule has 2 nitrogen and oxygen atoms in total. The molecule has 0 N–H and O–H groups in total. The summed E-state index contributed by atoms with van der Waals surface area (Å²) in [6.45, 7) is 1.57. The Kier molecular flexibility index (Phi) is 3.87. The van der Waals surface area contributed by atoms with Crippen molar-refractivity contribution in [3.05, 3.63) is 29.3 Å². The van der Waals surface area contributed by atoms with E-state index in [9.17, 15) is 0 Å². The molecule has 0 aromatic heterocycles. The molecule has 0 radical (unpaired) electrons. The summed E-state index contributed by atoms with van der Waals surface area (Å²) < 4.78 is 11.1. The van der Waals surface area contributed by atoms with Gasteiger partial charge in [-0.1, -0.05) is 23.7 Å². The summed E-state index contributed by atoms with van der Waals surface area (Å²) in [4.78, 5) is 0.